The van der Waals surface area contributed by atoms with Crippen molar-refractivity contribution < 1.29 is 4.21 Å². The first-order valence-corrected chi connectivity index (χ1v) is 7.29. The van der Waals surface area contributed by atoms with Gasteiger partial charge in [0, 0.05) is 28.3 Å². The predicted octanol–water partition coefficient (Wildman–Crippen LogP) is 1.92. The van der Waals surface area contributed by atoms with E-state index in [9.17, 15) is 4.21 Å². The second-order valence-electron chi connectivity index (χ2n) is 4.25. The van der Waals surface area contributed by atoms with Crippen molar-refractivity contribution in [1.29, 1.82) is 0 Å². The zero-order chi connectivity index (χ0) is 10.4. The molecule has 0 bridgehead atoms. The molecule has 1 rings (SSSR count). The Morgan fingerprint density at radius 3 is 2.64 bits per heavy atom. The molecule has 3 heteroatoms. The van der Waals surface area contributed by atoms with Crippen LogP contribution < -0.4 is 5.32 Å². The molecule has 2 unspecified atom stereocenters. The van der Waals surface area contributed by atoms with Gasteiger partial charge in [-0.15, -0.1) is 0 Å². The minimum absolute atomic E-state index is 0.512. The molecule has 0 radical (unpaired) electrons. The molecule has 0 aromatic rings. The van der Waals surface area contributed by atoms with Crippen LogP contribution in [0.15, 0.2) is 0 Å². The van der Waals surface area contributed by atoms with Gasteiger partial charge in [0.05, 0.1) is 0 Å². The van der Waals surface area contributed by atoms with Crippen molar-refractivity contribution in [3.8, 4) is 0 Å². The summed E-state index contributed by atoms with van der Waals surface area (Å²) in [7, 11) is 1.40. The molecule has 0 saturated heterocycles. The van der Waals surface area contributed by atoms with Crippen LogP contribution in [-0.2, 0) is 10.8 Å². The van der Waals surface area contributed by atoms with E-state index in [1.165, 1.54) is 25.7 Å². The van der Waals surface area contributed by atoms with Gasteiger partial charge in [0.25, 0.3) is 0 Å². The topological polar surface area (TPSA) is 29.1 Å². The summed E-state index contributed by atoms with van der Waals surface area (Å²) in [6.45, 7) is 2.18. The van der Waals surface area contributed by atoms with Crippen LogP contribution in [0.4, 0.5) is 0 Å². The summed E-state index contributed by atoms with van der Waals surface area (Å²) in [6.07, 6.45) is 6.23. The van der Waals surface area contributed by atoms with Crippen LogP contribution in [0.1, 0.15) is 39.0 Å². The Kier molecular flexibility index (Phi) is 5.71. The summed E-state index contributed by atoms with van der Waals surface area (Å²) < 4.78 is 11.7. The molecule has 84 valence electrons. The fraction of sp³-hybridized carbons (Fsp3) is 1.00. The van der Waals surface area contributed by atoms with Crippen LogP contribution in [0, 0.1) is 5.92 Å². The van der Waals surface area contributed by atoms with E-state index in [2.05, 4.69) is 12.2 Å². The SMILES string of the molecule is CCCCCS(=O)CC(NC)C1CC1. The van der Waals surface area contributed by atoms with E-state index >= 15 is 0 Å². The highest BCUT2D eigenvalue weighted by molar-refractivity contribution is 7.85. The third-order valence-electron chi connectivity index (χ3n) is 2.90. The van der Waals surface area contributed by atoms with Crippen LogP contribution in [-0.4, -0.2) is 28.8 Å². The number of hydrogen-bond donors (Lipinski definition) is 1. The van der Waals surface area contributed by atoms with Crippen LogP contribution >= 0.6 is 0 Å². The van der Waals surface area contributed by atoms with Gasteiger partial charge in [-0.05, 0) is 32.2 Å². The molecule has 1 aliphatic carbocycles. The molecule has 2 atom stereocenters. The van der Waals surface area contributed by atoms with Crippen LogP contribution in [0.5, 0.6) is 0 Å². The Hall–Kier alpha value is 0.110. The van der Waals surface area contributed by atoms with Crippen molar-refractivity contribution in [3.63, 3.8) is 0 Å². The van der Waals surface area contributed by atoms with Crippen molar-refractivity contribution in [2.45, 2.75) is 45.1 Å². The molecule has 1 fully saturated rings. The molecule has 0 aromatic heterocycles. The zero-order valence-corrected chi connectivity index (χ0v) is 10.2. The van der Waals surface area contributed by atoms with E-state index in [-0.39, 0.29) is 0 Å². The summed E-state index contributed by atoms with van der Waals surface area (Å²) in [4.78, 5) is 0. The lowest BCUT2D eigenvalue weighted by Gasteiger charge is -2.14. The van der Waals surface area contributed by atoms with Crippen molar-refractivity contribution in [2.75, 3.05) is 18.6 Å². The first-order valence-electron chi connectivity index (χ1n) is 5.80. The molecular weight excluding hydrogens is 194 g/mol. The highest BCUT2D eigenvalue weighted by Gasteiger charge is 2.30. The molecule has 1 N–H and O–H groups in total. The summed E-state index contributed by atoms with van der Waals surface area (Å²) in [6, 6.07) is 0.512. The maximum atomic E-state index is 11.7. The number of rotatable bonds is 8. The molecule has 0 amide bonds. The Morgan fingerprint density at radius 2 is 2.14 bits per heavy atom. The van der Waals surface area contributed by atoms with Gasteiger partial charge in [0.2, 0.25) is 0 Å². The lowest BCUT2D eigenvalue weighted by Crippen LogP contribution is -2.33. The Bertz CT molecular complexity index is 180. The van der Waals surface area contributed by atoms with Crippen molar-refractivity contribution >= 4 is 10.8 Å². The minimum atomic E-state index is -0.595. The summed E-state index contributed by atoms with van der Waals surface area (Å²) in [5, 5.41) is 3.29. The monoisotopic (exact) mass is 217 g/mol. The third-order valence-corrected chi connectivity index (χ3v) is 4.38. The van der Waals surface area contributed by atoms with Crippen molar-refractivity contribution in [3.05, 3.63) is 0 Å². The highest BCUT2D eigenvalue weighted by atomic mass is 32.2. The standard InChI is InChI=1S/C11H23NOS/c1-3-4-5-8-14(13)9-11(12-2)10-6-7-10/h10-12H,3-9H2,1-2H3. The van der Waals surface area contributed by atoms with Gasteiger partial charge in [-0.2, -0.15) is 0 Å². The van der Waals surface area contributed by atoms with Gasteiger partial charge in [0.1, 0.15) is 0 Å². The maximum absolute atomic E-state index is 11.7. The van der Waals surface area contributed by atoms with Gasteiger partial charge >= 0.3 is 0 Å². The van der Waals surface area contributed by atoms with Crippen LogP contribution in [0.25, 0.3) is 0 Å². The first kappa shape index (κ1) is 12.2. The second kappa shape index (κ2) is 6.57. The fourth-order valence-electron chi connectivity index (χ4n) is 1.75. The third kappa shape index (κ3) is 4.56. The van der Waals surface area contributed by atoms with E-state index in [0.29, 0.717) is 6.04 Å². The van der Waals surface area contributed by atoms with E-state index in [1.54, 1.807) is 0 Å². The first-order chi connectivity index (χ1) is 6.77. The summed E-state index contributed by atoms with van der Waals surface area (Å²) >= 11 is 0. The number of hydrogen-bond acceptors (Lipinski definition) is 2. The summed E-state index contributed by atoms with van der Waals surface area (Å²) in [5.74, 6) is 2.58. The molecule has 1 saturated carbocycles. The molecular formula is C11H23NOS. The quantitative estimate of drug-likeness (QED) is 0.629. The Balaban J connectivity index is 2.11. The van der Waals surface area contributed by atoms with Gasteiger partial charge in [-0.25, -0.2) is 0 Å². The van der Waals surface area contributed by atoms with Crippen LogP contribution in [0.2, 0.25) is 0 Å². The molecule has 1 aliphatic rings. The second-order valence-corrected chi connectivity index (χ2v) is 5.87. The Labute approximate surface area is 90.3 Å². The molecule has 0 aliphatic heterocycles. The van der Waals surface area contributed by atoms with Crippen molar-refractivity contribution in [2.24, 2.45) is 5.92 Å². The molecule has 0 spiro atoms. The molecule has 0 aromatic carbocycles. The van der Waals surface area contributed by atoms with Crippen LogP contribution in [0.3, 0.4) is 0 Å². The minimum Gasteiger partial charge on any atom is -0.316 e. The Morgan fingerprint density at radius 1 is 1.43 bits per heavy atom. The summed E-state index contributed by atoms with van der Waals surface area (Å²) in [5.41, 5.74) is 0. The van der Waals surface area contributed by atoms with Gasteiger partial charge < -0.3 is 5.32 Å². The fourth-order valence-corrected chi connectivity index (χ4v) is 3.28. The zero-order valence-electron chi connectivity index (χ0n) is 9.42. The lowest BCUT2D eigenvalue weighted by molar-refractivity contribution is 0.545. The normalized spacial score (nSPS) is 20.7. The predicted molar refractivity (Wildman–Crippen MR) is 63.0 cm³/mol. The number of unbranched alkanes of at least 4 members (excludes halogenated alkanes) is 2. The average molecular weight is 217 g/mol. The number of nitrogens with one attached hydrogen (secondary N) is 1. The van der Waals surface area contributed by atoms with Gasteiger partial charge in [0.15, 0.2) is 0 Å². The lowest BCUT2D eigenvalue weighted by atomic mass is 10.2. The van der Waals surface area contributed by atoms with Crippen molar-refractivity contribution in [1.82, 2.24) is 5.32 Å². The smallest absolute Gasteiger partial charge is 0.0391 e. The van der Waals surface area contributed by atoms with E-state index in [0.717, 1.165) is 23.8 Å². The van der Waals surface area contributed by atoms with Gasteiger partial charge in [-0.3, -0.25) is 4.21 Å². The largest absolute Gasteiger partial charge is 0.316 e. The van der Waals surface area contributed by atoms with Gasteiger partial charge in [-0.1, -0.05) is 19.8 Å². The highest BCUT2D eigenvalue weighted by Crippen LogP contribution is 2.32. The molecule has 0 heterocycles. The van der Waals surface area contributed by atoms with E-state index < -0.39 is 10.8 Å². The average Bonchev–Trinajstić information content (AvgIpc) is 2.98. The molecule has 14 heavy (non-hydrogen) atoms. The van der Waals surface area contributed by atoms with E-state index in [4.69, 9.17) is 0 Å². The maximum Gasteiger partial charge on any atom is 0.0391 e. The molecule has 2 nitrogen and oxygen atoms in total. The van der Waals surface area contributed by atoms with E-state index in [1.807, 2.05) is 7.05 Å².